The first-order valence-electron chi connectivity index (χ1n) is 6.91. The molecule has 1 fully saturated rings. The second kappa shape index (κ2) is 8.48. The van der Waals surface area contributed by atoms with Gasteiger partial charge < -0.3 is 15.5 Å². The lowest BCUT2D eigenvalue weighted by molar-refractivity contribution is -0.121. The molecule has 1 amide bonds. The monoisotopic (exact) mass is 241 g/mol. The molecule has 0 aromatic carbocycles. The predicted molar refractivity (Wildman–Crippen MR) is 71.1 cm³/mol. The molecule has 2 N–H and O–H groups in total. The molecule has 4 heteroatoms. The molecule has 1 rings (SSSR count). The number of carbonyl (C=O) groups excluding carboxylic acids is 1. The minimum atomic E-state index is 0.145. The molecule has 4 nitrogen and oxygen atoms in total. The zero-order chi connectivity index (χ0) is 12.5. The van der Waals surface area contributed by atoms with Crippen molar-refractivity contribution < 1.29 is 4.79 Å². The van der Waals surface area contributed by atoms with Gasteiger partial charge in [0.1, 0.15) is 0 Å². The molecule has 1 saturated heterocycles. The molecular weight excluding hydrogens is 214 g/mol. The zero-order valence-electron chi connectivity index (χ0n) is 11.3. The molecule has 100 valence electrons. The van der Waals surface area contributed by atoms with Crippen molar-refractivity contribution >= 4 is 5.91 Å². The summed E-state index contributed by atoms with van der Waals surface area (Å²) in [6, 6.07) is 0.248. The number of likely N-dealkylation sites (tertiary alicyclic amines) is 1. The highest BCUT2D eigenvalue weighted by atomic mass is 16.1. The lowest BCUT2D eigenvalue weighted by atomic mass is 10.3. The van der Waals surface area contributed by atoms with E-state index in [9.17, 15) is 4.79 Å². The summed E-state index contributed by atoms with van der Waals surface area (Å²) in [4.78, 5) is 13.9. The van der Waals surface area contributed by atoms with Crippen LogP contribution < -0.4 is 10.6 Å². The van der Waals surface area contributed by atoms with Gasteiger partial charge in [0.15, 0.2) is 0 Å². The van der Waals surface area contributed by atoms with Crippen molar-refractivity contribution in [1.29, 1.82) is 0 Å². The average Bonchev–Trinajstić information content (AvgIpc) is 2.75. The molecule has 0 unspecified atom stereocenters. The Morgan fingerprint density at radius 2 is 1.94 bits per heavy atom. The van der Waals surface area contributed by atoms with Gasteiger partial charge in [-0.05, 0) is 59.3 Å². The molecule has 1 heterocycles. The Balaban J connectivity index is 1.85. The Morgan fingerprint density at radius 1 is 1.24 bits per heavy atom. The largest absolute Gasteiger partial charge is 0.354 e. The van der Waals surface area contributed by atoms with Crippen molar-refractivity contribution in [2.24, 2.45) is 0 Å². The predicted octanol–water partition coefficient (Wildman–Crippen LogP) is 0.977. The molecule has 1 aliphatic rings. The fourth-order valence-electron chi connectivity index (χ4n) is 2.15. The number of hydrogen-bond acceptors (Lipinski definition) is 3. The van der Waals surface area contributed by atoms with E-state index in [4.69, 9.17) is 0 Å². The maximum absolute atomic E-state index is 11.3. The molecular formula is C13H27N3O. The topological polar surface area (TPSA) is 44.4 Å². The van der Waals surface area contributed by atoms with E-state index in [2.05, 4.69) is 15.5 Å². The van der Waals surface area contributed by atoms with Crippen LogP contribution in [0, 0.1) is 0 Å². The van der Waals surface area contributed by atoms with E-state index in [1.165, 1.54) is 38.9 Å². The summed E-state index contributed by atoms with van der Waals surface area (Å²) in [6.45, 7) is 9.53. The van der Waals surface area contributed by atoms with Gasteiger partial charge in [-0.15, -0.1) is 0 Å². The Labute approximate surface area is 105 Å². The third-order valence-electron chi connectivity index (χ3n) is 3.01. The molecule has 0 saturated carbocycles. The van der Waals surface area contributed by atoms with Crippen molar-refractivity contribution in [3.8, 4) is 0 Å². The normalized spacial score (nSPS) is 16.6. The van der Waals surface area contributed by atoms with Crippen LogP contribution in [0.4, 0.5) is 0 Å². The summed E-state index contributed by atoms with van der Waals surface area (Å²) in [5, 5.41) is 6.22. The van der Waals surface area contributed by atoms with Crippen LogP contribution in [0.15, 0.2) is 0 Å². The maximum atomic E-state index is 11.3. The molecule has 0 aromatic heterocycles. The quantitative estimate of drug-likeness (QED) is 0.623. The van der Waals surface area contributed by atoms with Crippen molar-refractivity contribution in [3.05, 3.63) is 0 Å². The summed E-state index contributed by atoms with van der Waals surface area (Å²) in [6.07, 6.45) is 4.50. The lowest BCUT2D eigenvalue weighted by Gasteiger charge is -2.14. The smallest absolute Gasteiger partial charge is 0.221 e. The van der Waals surface area contributed by atoms with Crippen molar-refractivity contribution in [2.45, 2.75) is 45.6 Å². The van der Waals surface area contributed by atoms with Crippen LogP contribution in [0.5, 0.6) is 0 Å². The van der Waals surface area contributed by atoms with E-state index in [0.717, 1.165) is 13.1 Å². The number of carbonyl (C=O) groups is 1. The fourth-order valence-corrected chi connectivity index (χ4v) is 2.15. The third-order valence-corrected chi connectivity index (χ3v) is 3.01. The second-order valence-electron chi connectivity index (χ2n) is 5.12. The zero-order valence-corrected chi connectivity index (χ0v) is 11.3. The lowest BCUT2D eigenvalue weighted by Crippen LogP contribution is -2.33. The summed E-state index contributed by atoms with van der Waals surface area (Å²) >= 11 is 0. The summed E-state index contributed by atoms with van der Waals surface area (Å²) in [7, 11) is 0. The van der Waals surface area contributed by atoms with Gasteiger partial charge in [0.2, 0.25) is 5.91 Å². The number of rotatable bonds is 8. The Hall–Kier alpha value is -0.610. The van der Waals surface area contributed by atoms with Crippen molar-refractivity contribution in [3.63, 3.8) is 0 Å². The first-order chi connectivity index (χ1) is 8.18. The fraction of sp³-hybridized carbons (Fsp3) is 0.923. The molecule has 0 bridgehead atoms. The van der Waals surface area contributed by atoms with Crippen LogP contribution in [0.3, 0.4) is 0 Å². The van der Waals surface area contributed by atoms with E-state index in [1.54, 1.807) is 0 Å². The molecule has 0 aliphatic carbocycles. The van der Waals surface area contributed by atoms with Crippen LogP contribution in [0.25, 0.3) is 0 Å². The highest BCUT2D eigenvalue weighted by Crippen LogP contribution is 2.06. The van der Waals surface area contributed by atoms with Crippen LogP contribution in [-0.2, 0) is 4.79 Å². The van der Waals surface area contributed by atoms with E-state index >= 15 is 0 Å². The van der Waals surface area contributed by atoms with Gasteiger partial charge in [0.05, 0.1) is 0 Å². The van der Waals surface area contributed by atoms with Crippen molar-refractivity contribution in [2.75, 3.05) is 32.7 Å². The van der Waals surface area contributed by atoms with Crippen LogP contribution in [-0.4, -0.2) is 49.6 Å². The second-order valence-corrected chi connectivity index (χ2v) is 5.12. The van der Waals surface area contributed by atoms with Gasteiger partial charge in [0, 0.05) is 19.0 Å². The van der Waals surface area contributed by atoms with E-state index in [-0.39, 0.29) is 11.9 Å². The van der Waals surface area contributed by atoms with Gasteiger partial charge in [-0.1, -0.05) is 0 Å². The standard InChI is InChI=1S/C13H27N3O/c1-12(2)15-13(17)6-8-14-7-5-11-16-9-3-4-10-16/h12,14H,3-11H2,1-2H3,(H,15,17). The Kier molecular flexibility index (Phi) is 7.21. The Bertz CT molecular complexity index is 213. The molecule has 0 radical (unpaired) electrons. The SMILES string of the molecule is CC(C)NC(=O)CCNCCCN1CCCC1. The molecule has 0 atom stereocenters. The molecule has 0 aromatic rings. The molecule has 1 aliphatic heterocycles. The number of hydrogen-bond donors (Lipinski definition) is 2. The van der Waals surface area contributed by atoms with Crippen LogP contribution in [0.1, 0.15) is 39.5 Å². The van der Waals surface area contributed by atoms with Gasteiger partial charge in [0.25, 0.3) is 0 Å². The minimum Gasteiger partial charge on any atom is -0.354 e. The van der Waals surface area contributed by atoms with Crippen LogP contribution >= 0.6 is 0 Å². The first-order valence-corrected chi connectivity index (χ1v) is 6.91. The molecule has 0 spiro atoms. The number of nitrogens with zero attached hydrogens (tertiary/aromatic N) is 1. The number of amides is 1. The van der Waals surface area contributed by atoms with E-state index in [0.29, 0.717) is 6.42 Å². The van der Waals surface area contributed by atoms with Gasteiger partial charge in [-0.25, -0.2) is 0 Å². The summed E-state index contributed by atoms with van der Waals surface area (Å²) in [5.74, 6) is 0.145. The highest BCUT2D eigenvalue weighted by Gasteiger charge is 2.09. The third kappa shape index (κ3) is 7.34. The van der Waals surface area contributed by atoms with E-state index in [1.807, 2.05) is 13.8 Å². The maximum Gasteiger partial charge on any atom is 0.221 e. The summed E-state index contributed by atoms with van der Waals surface area (Å²) in [5.41, 5.74) is 0. The first kappa shape index (κ1) is 14.5. The Morgan fingerprint density at radius 3 is 2.59 bits per heavy atom. The minimum absolute atomic E-state index is 0.145. The highest BCUT2D eigenvalue weighted by molar-refractivity contribution is 5.76. The van der Waals surface area contributed by atoms with Gasteiger partial charge in [-0.2, -0.15) is 0 Å². The average molecular weight is 241 g/mol. The van der Waals surface area contributed by atoms with Crippen molar-refractivity contribution in [1.82, 2.24) is 15.5 Å². The van der Waals surface area contributed by atoms with Crippen LogP contribution in [0.2, 0.25) is 0 Å². The molecule has 17 heavy (non-hydrogen) atoms. The summed E-state index contributed by atoms with van der Waals surface area (Å²) < 4.78 is 0. The van der Waals surface area contributed by atoms with E-state index < -0.39 is 0 Å². The van der Waals surface area contributed by atoms with Gasteiger partial charge >= 0.3 is 0 Å². The van der Waals surface area contributed by atoms with Gasteiger partial charge in [-0.3, -0.25) is 4.79 Å². The number of nitrogens with one attached hydrogen (secondary N) is 2.